The van der Waals surface area contributed by atoms with E-state index in [1.54, 1.807) is 49.6 Å². The van der Waals surface area contributed by atoms with E-state index in [4.69, 9.17) is 5.73 Å². The van der Waals surface area contributed by atoms with Crippen molar-refractivity contribution < 1.29 is 18.7 Å². The molecule has 0 spiro atoms. The van der Waals surface area contributed by atoms with Gasteiger partial charge in [-0.1, -0.05) is 19.8 Å². The number of imidazole rings is 1. The molecule has 0 aliphatic heterocycles. The van der Waals surface area contributed by atoms with Gasteiger partial charge in [-0.25, -0.2) is 13.8 Å². The lowest BCUT2D eigenvalue weighted by atomic mass is 9.73. The van der Waals surface area contributed by atoms with Crippen LogP contribution in [0, 0.1) is 17.6 Å². The van der Waals surface area contributed by atoms with Gasteiger partial charge in [-0.3, -0.25) is 9.78 Å². The van der Waals surface area contributed by atoms with Gasteiger partial charge in [-0.15, -0.1) is 0 Å². The second kappa shape index (κ2) is 11.3. The number of anilines is 2. The Morgan fingerprint density at radius 2 is 1.86 bits per heavy atom. The lowest BCUT2D eigenvalue weighted by molar-refractivity contribution is -0.131. The van der Waals surface area contributed by atoms with Gasteiger partial charge < -0.3 is 21.1 Å². The molecule has 1 aromatic carbocycles. The molecule has 11 heteroatoms. The fourth-order valence-corrected chi connectivity index (χ4v) is 7.13. The minimum Gasteiger partial charge on any atom is -0.385 e. The predicted molar refractivity (Wildman–Crippen MR) is 160 cm³/mol. The van der Waals surface area contributed by atoms with Crippen molar-refractivity contribution in [1.29, 1.82) is 0 Å². The van der Waals surface area contributed by atoms with Gasteiger partial charge in [0.1, 0.15) is 11.6 Å². The van der Waals surface area contributed by atoms with E-state index in [2.05, 4.69) is 27.3 Å². The lowest BCUT2D eigenvalue weighted by Crippen LogP contribution is -2.54. The molecular weight excluding hydrogens is 552 g/mol. The van der Waals surface area contributed by atoms with Crippen LogP contribution < -0.4 is 11.1 Å². The van der Waals surface area contributed by atoms with E-state index in [1.807, 2.05) is 6.07 Å². The number of amides is 1. The van der Waals surface area contributed by atoms with Crippen LogP contribution in [0.25, 0.3) is 16.8 Å². The minimum absolute atomic E-state index is 0.00287. The van der Waals surface area contributed by atoms with Crippen molar-refractivity contribution in [2.24, 2.45) is 11.7 Å². The van der Waals surface area contributed by atoms with Gasteiger partial charge in [0.25, 0.3) is 0 Å². The van der Waals surface area contributed by atoms with E-state index in [0.29, 0.717) is 30.7 Å². The van der Waals surface area contributed by atoms with E-state index in [9.17, 15) is 9.90 Å². The summed E-state index contributed by atoms with van der Waals surface area (Å²) in [5.41, 5.74) is 7.90. The molecule has 2 aliphatic carbocycles. The van der Waals surface area contributed by atoms with E-state index >= 15 is 8.78 Å². The van der Waals surface area contributed by atoms with E-state index < -0.39 is 17.2 Å². The number of hydrogen-bond acceptors (Lipinski definition) is 7. The van der Waals surface area contributed by atoms with E-state index in [-0.39, 0.29) is 46.6 Å². The second-order valence-electron chi connectivity index (χ2n) is 12.2. The van der Waals surface area contributed by atoms with Crippen LogP contribution in [0.15, 0.2) is 48.9 Å². The summed E-state index contributed by atoms with van der Waals surface area (Å²) >= 11 is 0. The van der Waals surface area contributed by atoms with Crippen LogP contribution in [0.5, 0.6) is 0 Å². The summed E-state index contributed by atoms with van der Waals surface area (Å²) in [4.78, 5) is 22.6. The summed E-state index contributed by atoms with van der Waals surface area (Å²) in [6, 6.07) is 7.43. The largest absolute Gasteiger partial charge is 0.385 e. The number of carbonyl (C=O) groups is 1. The molecule has 6 rings (SSSR count). The van der Waals surface area contributed by atoms with Gasteiger partial charge >= 0.3 is 0 Å². The molecule has 0 radical (unpaired) electrons. The van der Waals surface area contributed by atoms with Crippen molar-refractivity contribution in [3.05, 3.63) is 71.7 Å². The van der Waals surface area contributed by atoms with Gasteiger partial charge in [-0.05, 0) is 79.0 Å². The highest BCUT2D eigenvalue weighted by Crippen LogP contribution is 2.42. The van der Waals surface area contributed by atoms with Crippen LogP contribution in [-0.4, -0.2) is 54.6 Å². The third kappa shape index (κ3) is 5.36. The first-order valence-corrected chi connectivity index (χ1v) is 14.8. The number of likely N-dealkylation sites (N-methyl/N-ethyl adjacent to an activating group) is 1. The molecular formula is C32H37F2N7O2. The predicted octanol–water partition coefficient (Wildman–Crippen LogP) is 5.26. The number of halogens is 2. The quantitative estimate of drug-likeness (QED) is 0.280. The molecule has 2 saturated carbocycles. The molecule has 1 amide bonds. The number of nitrogens with zero attached hydrogens (tertiary/aromatic N) is 5. The van der Waals surface area contributed by atoms with Crippen LogP contribution in [0.1, 0.15) is 69.4 Å². The molecule has 2 fully saturated rings. The Morgan fingerprint density at radius 1 is 1.14 bits per heavy atom. The molecule has 2 aliphatic rings. The number of fused-ring (bicyclic) bond motifs is 1. The first-order valence-electron chi connectivity index (χ1n) is 14.8. The number of pyridine rings is 1. The number of nitrogens with one attached hydrogen (secondary N) is 1. The number of rotatable bonds is 6. The molecule has 4 atom stereocenters. The first-order chi connectivity index (χ1) is 20.6. The van der Waals surface area contributed by atoms with Gasteiger partial charge in [0.2, 0.25) is 11.9 Å². The van der Waals surface area contributed by atoms with Crippen LogP contribution in [-0.2, 0) is 10.4 Å². The Balaban J connectivity index is 1.30. The number of hydrogen-bond donors (Lipinski definition) is 3. The SMILES string of the molecule is CC(=O)N(C)C1C(C)CC(c2ccncc2Nc2ncc3ccc(-c4c(F)cc(C5(O)CCCC5)cc4F)nn23)CC1N. The van der Waals surface area contributed by atoms with Crippen LogP contribution >= 0.6 is 0 Å². The fourth-order valence-electron chi connectivity index (χ4n) is 7.13. The van der Waals surface area contributed by atoms with Crippen molar-refractivity contribution >= 4 is 23.1 Å². The molecule has 4 N–H and O–H groups in total. The zero-order valence-electron chi connectivity index (χ0n) is 24.6. The average Bonchev–Trinajstić information content (AvgIpc) is 3.59. The van der Waals surface area contributed by atoms with Crippen LogP contribution in [0.3, 0.4) is 0 Å². The van der Waals surface area contributed by atoms with Gasteiger partial charge in [0, 0.05) is 32.3 Å². The maximum Gasteiger partial charge on any atom is 0.229 e. The number of nitrogens with two attached hydrogens (primary N) is 1. The van der Waals surface area contributed by atoms with Crippen molar-refractivity contribution in [1.82, 2.24) is 24.5 Å². The van der Waals surface area contributed by atoms with Crippen molar-refractivity contribution in [3.63, 3.8) is 0 Å². The zero-order chi connectivity index (χ0) is 30.5. The summed E-state index contributed by atoms with van der Waals surface area (Å²) in [5.74, 6) is -0.877. The van der Waals surface area contributed by atoms with E-state index in [1.165, 1.54) is 16.6 Å². The van der Waals surface area contributed by atoms with Crippen molar-refractivity contribution in [3.8, 4) is 11.3 Å². The van der Waals surface area contributed by atoms with Crippen LogP contribution in [0.4, 0.5) is 20.4 Å². The molecule has 0 bridgehead atoms. The Morgan fingerprint density at radius 3 is 2.53 bits per heavy atom. The Labute approximate surface area is 249 Å². The summed E-state index contributed by atoms with van der Waals surface area (Å²) in [6.07, 6.45) is 9.22. The number of benzene rings is 1. The van der Waals surface area contributed by atoms with Crippen molar-refractivity contribution in [2.45, 2.75) is 76.0 Å². The third-order valence-corrected chi connectivity index (χ3v) is 9.37. The third-order valence-electron chi connectivity index (χ3n) is 9.37. The summed E-state index contributed by atoms with van der Waals surface area (Å²) < 4.78 is 32.2. The molecule has 3 heterocycles. The molecule has 9 nitrogen and oxygen atoms in total. The Kier molecular flexibility index (Phi) is 7.64. The maximum absolute atomic E-state index is 15.4. The number of aromatic nitrogens is 4. The normalized spacial score (nSPS) is 23.4. The zero-order valence-corrected chi connectivity index (χ0v) is 24.6. The molecule has 0 saturated heterocycles. The lowest BCUT2D eigenvalue weighted by Gasteiger charge is -2.43. The van der Waals surface area contributed by atoms with Gasteiger partial charge in [0.05, 0.1) is 40.5 Å². The average molecular weight is 590 g/mol. The van der Waals surface area contributed by atoms with Crippen LogP contribution in [0.2, 0.25) is 0 Å². The maximum atomic E-state index is 15.4. The standard InChI is InChI=1S/C32H37F2N7O2/c1-18-12-20(13-26(35)30(18)40(3)19(2)42)23-8-11-36-17-28(23)38-31-37-16-22-6-7-27(39-41(22)31)29-24(33)14-21(15-25(29)34)32(43)9-4-5-10-32/h6-8,11,14-18,20,26,30,43H,4-5,9-10,12-13,35H2,1-3H3,(H,37,38). The topological polar surface area (TPSA) is 122 Å². The smallest absolute Gasteiger partial charge is 0.229 e. The van der Waals surface area contributed by atoms with Crippen molar-refractivity contribution in [2.75, 3.05) is 12.4 Å². The summed E-state index contributed by atoms with van der Waals surface area (Å²) in [6.45, 7) is 3.68. The Bertz CT molecular complexity index is 1630. The molecule has 226 valence electrons. The highest BCUT2D eigenvalue weighted by molar-refractivity contribution is 5.73. The first kappa shape index (κ1) is 29.1. The molecule has 43 heavy (non-hydrogen) atoms. The van der Waals surface area contributed by atoms with E-state index in [0.717, 1.165) is 30.5 Å². The molecule has 4 unspecified atom stereocenters. The van der Waals surface area contributed by atoms with Gasteiger partial charge in [-0.2, -0.15) is 9.61 Å². The summed E-state index contributed by atoms with van der Waals surface area (Å²) in [5, 5.41) is 18.8. The molecule has 3 aromatic heterocycles. The molecule has 4 aromatic rings. The number of carbonyl (C=O) groups excluding carboxylic acids is 1. The summed E-state index contributed by atoms with van der Waals surface area (Å²) in [7, 11) is 1.80. The number of aliphatic hydroxyl groups is 1. The highest BCUT2D eigenvalue weighted by Gasteiger charge is 2.38. The second-order valence-corrected chi connectivity index (χ2v) is 12.2. The fraction of sp³-hybridized carbons (Fsp3) is 0.438. The monoisotopic (exact) mass is 589 g/mol. The minimum atomic E-state index is -1.20. The van der Waals surface area contributed by atoms with Gasteiger partial charge in [0.15, 0.2) is 0 Å². The highest BCUT2D eigenvalue weighted by atomic mass is 19.1. The Hall–Kier alpha value is -3.96.